The molecule has 88 valence electrons. The van der Waals surface area contributed by atoms with Crippen molar-refractivity contribution in [3.63, 3.8) is 0 Å². The van der Waals surface area contributed by atoms with Gasteiger partial charge < -0.3 is 10.7 Å². The van der Waals surface area contributed by atoms with Gasteiger partial charge in [-0.1, -0.05) is 23.7 Å². The molecule has 0 saturated carbocycles. The van der Waals surface area contributed by atoms with Gasteiger partial charge in [-0.15, -0.1) is 0 Å². The second-order valence-electron chi connectivity index (χ2n) is 3.69. The maximum atomic E-state index is 11.7. The Bertz CT molecular complexity index is 607. The van der Waals surface area contributed by atoms with Gasteiger partial charge in [-0.25, -0.2) is 4.98 Å². The van der Waals surface area contributed by atoms with E-state index in [0.29, 0.717) is 22.1 Å². The first kappa shape index (κ1) is 11.8. The Balaban J connectivity index is 2.70. The lowest BCUT2D eigenvalue weighted by atomic mass is 10.1. The molecule has 0 atom stereocenters. The molecule has 0 saturated heterocycles. The van der Waals surface area contributed by atoms with Crippen LogP contribution in [-0.4, -0.2) is 9.97 Å². The van der Waals surface area contributed by atoms with E-state index in [9.17, 15) is 4.79 Å². The number of hydrogen-bond donors (Lipinski definition) is 2. The highest BCUT2D eigenvalue weighted by Crippen LogP contribution is 2.22. The minimum Gasteiger partial charge on any atom is -0.326 e. The fraction of sp³-hybridized carbons (Fsp3) is 0.167. The molecule has 5 heteroatoms. The number of aromatic nitrogens is 2. The number of aromatic amines is 1. The van der Waals surface area contributed by atoms with E-state index in [2.05, 4.69) is 9.97 Å². The van der Waals surface area contributed by atoms with Crippen LogP contribution in [0.3, 0.4) is 0 Å². The Labute approximate surface area is 103 Å². The Hall–Kier alpha value is -1.65. The zero-order valence-corrected chi connectivity index (χ0v) is 10.1. The van der Waals surface area contributed by atoms with E-state index in [1.165, 1.54) is 0 Å². The SMILES string of the molecule is Cc1nc(-c2cccc(Cl)c2)c(CN)c(=O)[nH]1. The van der Waals surface area contributed by atoms with Crippen molar-refractivity contribution in [3.8, 4) is 11.3 Å². The molecule has 0 unspecified atom stereocenters. The van der Waals surface area contributed by atoms with Gasteiger partial charge in [0.2, 0.25) is 0 Å². The zero-order valence-electron chi connectivity index (χ0n) is 9.33. The van der Waals surface area contributed by atoms with Gasteiger partial charge in [0.25, 0.3) is 5.56 Å². The summed E-state index contributed by atoms with van der Waals surface area (Å²) in [5, 5.41) is 0.602. The van der Waals surface area contributed by atoms with Crippen molar-refractivity contribution >= 4 is 11.6 Å². The second kappa shape index (κ2) is 4.69. The van der Waals surface area contributed by atoms with Gasteiger partial charge in [0.05, 0.1) is 11.3 Å². The number of nitrogens with one attached hydrogen (secondary N) is 1. The molecule has 0 radical (unpaired) electrons. The molecule has 0 fully saturated rings. The third kappa shape index (κ3) is 2.38. The van der Waals surface area contributed by atoms with Gasteiger partial charge in [0, 0.05) is 17.1 Å². The zero-order chi connectivity index (χ0) is 12.4. The fourth-order valence-electron chi connectivity index (χ4n) is 1.67. The summed E-state index contributed by atoms with van der Waals surface area (Å²) in [6.45, 7) is 1.88. The minimum absolute atomic E-state index is 0.143. The van der Waals surface area contributed by atoms with Gasteiger partial charge in [-0.2, -0.15) is 0 Å². The van der Waals surface area contributed by atoms with Crippen molar-refractivity contribution in [2.45, 2.75) is 13.5 Å². The molecule has 2 rings (SSSR count). The second-order valence-corrected chi connectivity index (χ2v) is 4.13. The number of nitrogens with zero attached hydrogens (tertiary/aromatic N) is 1. The average molecular weight is 250 g/mol. The van der Waals surface area contributed by atoms with Crippen LogP contribution >= 0.6 is 11.6 Å². The molecule has 0 amide bonds. The molecule has 2 aromatic rings. The molecule has 1 heterocycles. The third-order valence-corrected chi connectivity index (χ3v) is 2.67. The summed E-state index contributed by atoms with van der Waals surface area (Å²) in [7, 11) is 0. The van der Waals surface area contributed by atoms with Gasteiger partial charge in [0.1, 0.15) is 5.82 Å². The molecular formula is C12H12ClN3O. The monoisotopic (exact) mass is 249 g/mol. The Morgan fingerprint density at radius 1 is 1.47 bits per heavy atom. The molecule has 0 bridgehead atoms. The normalized spacial score (nSPS) is 10.5. The van der Waals surface area contributed by atoms with Crippen LogP contribution in [0, 0.1) is 6.92 Å². The molecule has 4 nitrogen and oxygen atoms in total. The van der Waals surface area contributed by atoms with Crippen molar-refractivity contribution in [1.29, 1.82) is 0 Å². The van der Waals surface area contributed by atoms with Gasteiger partial charge in [-0.3, -0.25) is 4.79 Å². The highest BCUT2D eigenvalue weighted by molar-refractivity contribution is 6.30. The van der Waals surface area contributed by atoms with Gasteiger partial charge >= 0.3 is 0 Å². The number of aryl methyl sites for hydroxylation is 1. The van der Waals surface area contributed by atoms with Crippen molar-refractivity contribution < 1.29 is 0 Å². The molecule has 1 aromatic carbocycles. The van der Waals surface area contributed by atoms with E-state index in [-0.39, 0.29) is 12.1 Å². The summed E-state index contributed by atoms with van der Waals surface area (Å²) >= 11 is 5.92. The van der Waals surface area contributed by atoms with Crippen LogP contribution < -0.4 is 11.3 Å². The quantitative estimate of drug-likeness (QED) is 0.853. The lowest BCUT2D eigenvalue weighted by molar-refractivity contribution is 0.942. The van der Waals surface area contributed by atoms with Crippen molar-refractivity contribution in [2.75, 3.05) is 0 Å². The highest BCUT2D eigenvalue weighted by Gasteiger charge is 2.10. The standard InChI is InChI=1S/C12H12ClN3O/c1-7-15-11(10(6-14)12(17)16-7)8-3-2-4-9(13)5-8/h2-5H,6,14H2,1H3,(H,15,16,17). The topological polar surface area (TPSA) is 71.8 Å². The molecule has 0 aliphatic carbocycles. The average Bonchev–Trinajstić information content (AvgIpc) is 2.28. The number of benzene rings is 1. The number of rotatable bonds is 2. The van der Waals surface area contributed by atoms with Crippen molar-refractivity contribution in [3.05, 3.63) is 51.0 Å². The van der Waals surface area contributed by atoms with Crippen LogP contribution in [-0.2, 0) is 6.54 Å². The molecule has 0 aliphatic heterocycles. The predicted molar refractivity (Wildman–Crippen MR) is 67.9 cm³/mol. The van der Waals surface area contributed by atoms with Crippen LogP contribution in [0.5, 0.6) is 0 Å². The summed E-state index contributed by atoms with van der Waals surface area (Å²) in [5.41, 5.74) is 7.25. The summed E-state index contributed by atoms with van der Waals surface area (Å²) in [6.07, 6.45) is 0. The molecule has 3 N–H and O–H groups in total. The van der Waals surface area contributed by atoms with Crippen molar-refractivity contribution in [1.82, 2.24) is 9.97 Å². The summed E-state index contributed by atoms with van der Waals surface area (Å²) in [6, 6.07) is 7.21. The number of hydrogen-bond acceptors (Lipinski definition) is 3. The number of halogens is 1. The fourth-order valence-corrected chi connectivity index (χ4v) is 1.86. The van der Waals surface area contributed by atoms with E-state index in [0.717, 1.165) is 5.56 Å². The maximum Gasteiger partial charge on any atom is 0.255 e. The predicted octanol–water partition coefficient (Wildman–Crippen LogP) is 1.86. The van der Waals surface area contributed by atoms with Crippen LogP contribution in [0.25, 0.3) is 11.3 Å². The van der Waals surface area contributed by atoms with E-state index in [1.54, 1.807) is 19.1 Å². The molecule has 0 aliphatic rings. The van der Waals surface area contributed by atoms with Crippen LogP contribution in [0.1, 0.15) is 11.4 Å². The lowest BCUT2D eigenvalue weighted by Crippen LogP contribution is -2.20. The molecule has 1 aromatic heterocycles. The summed E-state index contributed by atoms with van der Waals surface area (Å²) in [5.74, 6) is 0.558. The van der Waals surface area contributed by atoms with E-state index in [4.69, 9.17) is 17.3 Å². The van der Waals surface area contributed by atoms with Gasteiger partial charge in [-0.05, 0) is 19.1 Å². The van der Waals surface area contributed by atoms with E-state index >= 15 is 0 Å². The van der Waals surface area contributed by atoms with Crippen LogP contribution in [0.4, 0.5) is 0 Å². The number of nitrogens with two attached hydrogens (primary N) is 1. The largest absolute Gasteiger partial charge is 0.326 e. The first-order chi connectivity index (χ1) is 8.11. The van der Waals surface area contributed by atoms with Gasteiger partial charge in [0.15, 0.2) is 0 Å². The van der Waals surface area contributed by atoms with Crippen molar-refractivity contribution in [2.24, 2.45) is 5.73 Å². The maximum absolute atomic E-state index is 11.7. The number of H-pyrrole nitrogens is 1. The molecular weight excluding hydrogens is 238 g/mol. The Morgan fingerprint density at radius 3 is 2.88 bits per heavy atom. The molecule has 0 spiro atoms. The molecule has 17 heavy (non-hydrogen) atoms. The summed E-state index contributed by atoms with van der Waals surface area (Å²) < 4.78 is 0. The smallest absolute Gasteiger partial charge is 0.255 e. The van der Waals surface area contributed by atoms with Crippen LogP contribution in [0.15, 0.2) is 29.1 Å². The highest BCUT2D eigenvalue weighted by atomic mass is 35.5. The minimum atomic E-state index is -0.199. The first-order valence-corrected chi connectivity index (χ1v) is 5.55. The van der Waals surface area contributed by atoms with Crippen LogP contribution in [0.2, 0.25) is 5.02 Å². The first-order valence-electron chi connectivity index (χ1n) is 5.17. The van der Waals surface area contributed by atoms with E-state index < -0.39 is 0 Å². The Morgan fingerprint density at radius 2 is 2.24 bits per heavy atom. The lowest BCUT2D eigenvalue weighted by Gasteiger charge is -2.07. The Kier molecular flexibility index (Phi) is 3.26. The van der Waals surface area contributed by atoms with E-state index in [1.807, 2.05) is 12.1 Å². The third-order valence-electron chi connectivity index (χ3n) is 2.44. The summed E-state index contributed by atoms with van der Waals surface area (Å²) in [4.78, 5) is 18.7.